The number of hydrogen-bond acceptors (Lipinski definition) is 3. The summed E-state index contributed by atoms with van der Waals surface area (Å²) in [5, 5.41) is 7.11. The van der Waals surface area contributed by atoms with Crippen molar-refractivity contribution in [2.75, 3.05) is 0 Å². The number of aromatic nitrogens is 1. The van der Waals surface area contributed by atoms with Crippen molar-refractivity contribution < 1.29 is 0 Å². The van der Waals surface area contributed by atoms with E-state index >= 15 is 0 Å². The summed E-state index contributed by atoms with van der Waals surface area (Å²) in [5.74, 6) is 0.847. The van der Waals surface area contributed by atoms with Crippen LogP contribution in [-0.4, -0.2) is 4.98 Å². The first-order chi connectivity index (χ1) is 17.8. The molecule has 0 saturated carbocycles. The molecule has 2 aliphatic carbocycles. The van der Waals surface area contributed by atoms with E-state index < -0.39 is 0 Å². The fourth-order valence-electron chi connectivity index (χ4n) is 5.42. The van der Waals surface area contributed by atoms with Gasteiger partial charge in [-0.15, -0.1) is 22.7 Å². The van der Waals surface area contributed by atoms with Crippen molar-refractivity contribution in [2.45, 2.75) is 24.7 Å². The zero-order valence-electron chi connectivity index (χ0n) is 19.8. The first-order valence-electron chi connectivity index (χ1n) is 12.5. The van der Waals surface area contributed by atoms with Crippen LogP contribution in [0.2, 0.25) is 0 Å². The highest BCUT2D eigenvalue weighted by Gasteiger charge is 2.14. The summed E-state index contributed by atoms with van der Waals surface area (Å²) in [6.45, 7) is 0. The molecule has 0 saturated heterocycles. The van der Waals surface area contributed by atoms with Crippen molar-refractivity contribution in [1.29, 1.82) is 0 Å². The Bertz CT molecular complexity index is 1690. The highest BCUT2D eigenvalue weighted by atomic mass is 32.1. The summed E-state index contributed by atoms with van der Waals surface area (Å²) in [6, 6.07) is 24.7. The van der Waals surface area contributed by atoms with Crippen molar-refractivity contribution in [1.82, 2.24) is 4.98 Å². The second-order valence-corrected chi connectivity index (χ2v) is 11.5. The van der Waals surface area contributed by atoms with Crippen molar-refractivity contribution in [2.24, 2.45) is 0 Å². The number of hydrogen-bond donors (Lipinski definition) is 0. The predicted molar refractivity (Wildman–Crippen MR) is 155 cm³/mol. The van der Waals surface area contributed by atoms with E-state index in [1.165, 1.54) is 41.8 Å². The molecule has 0 N–H and O–H groups in total. The van der Waals surface area contributed by atoms with Crippen LogP contribution >= 0.6 is 22.7 Å². The minimum absolute atomic E-state index is 0.423. The molecule has 0 fully saturated rings. The molecule has 2 unspecified atom stereocenters. The quantitative estimate of drug-likeness (QED) is 0.294. The molecular weight excluding hydrogens is 475 g/mol. The Hall–Kier alpha value is -3.53. The number of fused-ring (bicyclic) bond motifs is 2. The van der Waals surface area contributed by atoms with E-state index in [1.807, 2.05) is 35.1 Å². The molecule has 2 aromatic carbocycles. The molecule has 2 aliphatic rings. The van der Waals surface area contributed by atoms with Gasteiger partial charge in [0.05, 0.1) is 0 Å². The maximum absolute atomic E-state index is 4.64. The predicted octanol–water partition coefficient (Wildman–Crippen LogP) is 6.04. The number of benzene rings is 2. The van der Waals surface area contributed by atoms with Gasteiger partial charge in [-0.25, -0.2) is 0 Å². The molecule has 0 amide bonds. The minimum atomic E-state index is 0.423. The van der Waals surface area contributed by atoms with Gasteiger partial charge in [0.1, 0.15) is 0 Å². The summed E-state index contributed by atoms with van der Waals surface area (Å²) < 4.78 is 2.81. The first kappa shape index (κ1) is 21.7. The molecule has 2 atom stereocenters. The van der Waals surface area contributed by atoms with Crippen LogP contribution in [0.15, 0.2) is 89.9 Å². The normalized spacial score (nSPS) is 18.1. The van der Waals surface area contributed by atoms with Gasteiger partial charge in [0.15, 0.2) is 0 Å². The number of rotatable bonds is 4. The minimum Gasteiger partial charge on any atom is -0.263 e. The average Bonchev–Trinajstić information content (AvgIpc) is 3.62. The lowest BCUT2D eigenvalue weighted by molar-refractivity contribution is 0.925. The lowest BCUT2D eigenvalue weighted by Crippen LogP contribution is -2.22. The topological polar surface area (TPSA) is 12.9 Å². The highest BCUT2D eigenvalue weighted by Crippen LogP contribution is 2.32. The molecule has 7 rings (SSSR count). The molecule has 174 valence electrons. The van der Waals surface area contributed by atoms with Crippen LogP contribution in [0.3, 0.4) is 0 Å². The molecule has 5 aromatic rings. The van der Waals surface area contributed by atoms with Crippen molar-refractivity contribution in [3.8, 4) is 22.3 Å². The third-order valence-corrected chi connectivity index (χ3v) is 9.22. The average molecular weight is 500 g/mol. The molecule has 3 aromatic heterocycles. The van der Waals surface area contributed by atoms with E-state index in [0.29, 0.717) is 11.8 Å². The summed E-state index contributed by atoms with van der Waals surface area (Å²) >= 11 is 3.66. The standard InChI is InChI=1S/C33H25NS2/c1-3-22(26-7-9-32-28(17-26)11-13-35-32)15-24(5-1)30-19-31(21-34-20-30)25-6-2-4-23(16-25)27-8-10-33-29(18-27)12-14-36-33/h1-6,9-21,26-27H,7-8H2. The van der Waals surface area contributed by atoms with Crippen LogP contribution in [0.1, 0.15) is 35.8 Å². The van der Waals surface area contributed by atoms with Crippen molar-refractivity contribution in [3.05, 3.63) is 121 Å². The van der Waals surface area contributed by atoms with Crippen LogP contribution in [0, 0.1) is 0 Å². The molecule has 0 aliphatic heterocycles. The molecule has 3 heteroatoms. The zero-order valence-corrected chi connectivity index (χ0v) is 21.4. The second kappa shape index (κ2) is 9.16. The van der Waals surface area contributed by atoms with E-state index in [4.69, 9.17) is 0 Å². The van der Waals surface area contributed by atoms with Gasteiger partial charge in [-0.05, 0) is 74.5 Å². The largest absolute Gasteiger partial charge is 0.263 e. The van der Waals surface area contributed by atoms with Crippen LogP contribution in [0.25, 0.3) is 46.6 Å². The van der Waals surface area contributed by atoms with Crippen LogP contribution in [0.4, 0.5) is 0 Å². The monoisotopic (exact) mass is 499 g/mol. The molecule has 0 spiro atoms. The van der Waals surface area contributed by atoms with Crippen LogP contribution in [0.5, 0.6) is 0 Å². The fourth-order valence-corrected chi connectivity index (χ4v) is 7.08. The highest BCUT2D eigenvalue weighted by molar-refractivity contribution is 7.08. The number of nitrogens with zero attached hydrogens (tertiary/aromatic N) is 1. The smallest absolute Gasteiger partial charge is 0.0346 e. The van der Waals surface area contributed by atoms with E-state index in [9.17, 15) is 0 Å². The Labute approximate surface area is 218 Å². The number of thiophene rings is 2. The van der Waals surface area contributed by atoms with Gasteiger partial charge in [-0.3, -0.25) is 4.98 Å². The van der Waals surface area contributed by atoms with E-state index in [-0.39, 0.29) is 0 Å². The molecule has 1 nitrogen and oxygen atoms in total. The maximum atomic E-state index is 4.64. The Kier molecular flexibility index (Phi) is 5.53. The first-order valence-corrected chi connectivity index (χ1v) is 14.2. The van der Waals surface area contributed by atoms with Crippen molar-refractivity contribution >= 4 is 47.0 Å². The molecule has 0 bridgehead atoms. The summed E-state index contributed by atoms with van der Waals surface area (Å²) in [7, 11) is 0. The summed E-state index contributed by atoms with van der Waals surface area (Å²) in [5.41, 5.74) is 7.51. The molecular formula is C33H25NS2. The molecule has 36 heavy (non-hydrogen) atoms. The summed E-state index contributed by atoms with van der Waals surface area (Å²) in [4.78, 5) is 4.64. The zero-order chi connectivity index (χ0) is 23.9. The Morgan fingerprint density at radius 2 is 1.11 bits per heavy atom. The van der Waals surface area contributed by atoms with Crippen LogP contribution < -0.4 is 19.5 Å². The van der Waals surface area contributed by atoms with Gasteiger partial charge in [-0.2, -0.15) is 0 Å². The van der Waals surface area contributed by atoms with Gasteiger partial charge in [-0.1, -0.05) is 72.8 Å². The van der Waals surface area contributed by atoms with Crippen molar-refractivity contribution in [3.63, 3.8) is 0 Å². The van der Waals surface area contributed by atoms with E-state index in [2.05, 4.69) is 107 Å². The maximum Gasteiger partial charge on any atom is 0.0346 e. The third-order valence-electron chi connectivity index (χ3n) is 7.36. The van der Waals surface area contributed by atoms with Gasteiger partial charge in [0.2, 0.25) is 0 Å². The third kappa shape index (κ3) is 4.09. The number of pyridine rings is 1. The molecule has 0 radical (unpaired) electrons. The Morgan fingerprint density at radius 1 is 0.583 bits per heavy atom. The van der Waals surface area contributed by atoms with Gasteiger partial charge in [0, 0.05) is 44.4 Å². The van der Waals surface area contributed by atoms with E-state index in [1.54, 1.807) is 0 Å². The Balaban J connectivity index is 1.20. The lowest BCUT2D eigenvalue weighted by Gasteiger charge is -2.16. The van der Waals surface area contributed by atoms with Crippen LogP contribution in [-0.2, 0) is 0 Å². The van der Waals surface area contributed by atoms with Gasteiger partial charge in [0.25, 0.3) is 0 Å². The van der Waals surface area contributed by atoms with Gasteiger partial charge < -0.3 is 0 Å². The van der Waals surface area contributed by atoms with Gasteiger partial charge >= 0.3 is 0 Å². The lowest BCUT2D eigenvalue weighted by atomic mass is 9.89. The second-order valence-electron chi connectivity index (χ2n) is 9.62. The molecule has 3 heterocycles. The Morgan fingerprint density at radius 3 is 1.64 bits per heavy atom. The SMILES string of the molecule is C1=c2ccsc2=CCC1c1cccc(-c2cncc(-c3cccc(C4C=c5ccsc5=CC4)c3)c2)c1. The fraction of sp³-hybridized carbons (Fsp3) is 0.121. The van der Waals surface area contributed by atoms with E-state index in [0.717, 1.165) is 24.0 Å². The summed E-state index contributed by atoms with van der Waals surface area (Å²) in [6.07, 6.45) is 15.7.